The van der Waals surface area contributed by atoms with Gasteiger partial charge in [0, 0.05) is 6.42 Å². The predicted molar refractivity (Wildman–Crippen MR) is 66.0 cm³/mol. The van der Waals surface area contributed by atoms with Crippen molar-refractivity contribution < 1.29 is 4.74 Å². The van der Waals surface area contributed by atoms with Gasteiger partial charge in [-0.05, 0) is 46.9 Å². The Kier molecular flexibility index (Phi) is 2.07. The van der Waals surface area contributed by atoms with Crippen LogP contribution >= 0.6 is 0 Å². The summed E-state index contributed by atoms with van der Waals surface area (Å²) in [5, 5.41) is 0. The van der Waals surface area contributed by atoms with Crippen molar-refractivity contribution in [3.8, 4) is 5.75 Å². The Morgan fingerprint density at radius 3 is 2.44 bits per heavy atom. The van der Waals surface area contributed by atoms with Crippen molar-refractivity contribution >= 4 is 0 Å². The first kappa shape index (κ1) is 10.2. The second-order valence-corrected chi connectivity index (χ2v) is 6.30. The van der Waals surface area contributed by atoms with E-state index in [2.05, 4.69) is 32.9 Å². The maximum Gasteiger partial charge on any atom is 0.122 e. The van der Waals surface area contributed by atoms with Crippen LogP contribution in [-0.4, -0.2) is 6.61 Å². The second kappa shape index (κ2) is 3.26. The Bertz CT molecular complexity index is 393. The second-order valence-electron chi connectivity index (χ2n) is 6.30. The van der Waals surface area contributed by atoms with E-state index in [0.717, 1.165) is 24.7 Å². The molecule has 0 bridgehead atoms. The van der Waals surface area contributed by atoms with E-state index in [-0.39, 0.29) is 0 Å². The van der Waals surface area contributed by atoms with Crippen LogP contribution in [-0.2, 0) is 19.3 Å². The summed E-state index contributed by atoms with van der Waals surface area (Å²) >= 11 is 0. The van der Waals surface area contributed by atoms with Crippen molar-refractivity contribution in [1.82, 2.24) is 0 Å². The third-order valence-corrected chi connectivity index (χ3v) is 4.17. The molecule has 16 heavy (non-hydrogen) atoms. The van der Waals surface area contributed by atoms with Crippen LogP contribution in [0.3, 0.4) is 0 Å². The van der Waals surface area contributed by atoms with Crippen molar-refractivity contribution in [2.45, 2.75) is 40.0 Å². The Morgan fingerprint density at radius 1 is 1.06 bits per heavy atom. The van der Waals surface area contributed by atoms with Crippen LogP contribution < -0.4 is 4.74 Å². The zero-order valence-electron chi connectivity index (χ0n) is 10.5. The van der Waals surface area contributed by atoms with Crippen LogP contribution in [0.5, 0.6) is 5.75 Å². The van der Waals surface area contributed by atoms with Crippen molar-refractivity contribution in [3.63, 3.8) is 0 Å². The summed E-state index contributed by atoms with van der Waals surface area (Å²) in [5.74, 6) is 1.94. The molecule has 3 rings (SSSR count). The molecule has 1 aromatic rings. The van der Waals surface area contributed by atoms with Gasteiger partial charge in [-0.25, -0.2) is 0 Å². The van der Waals surface area contributed by atoms with Gasteiger partial charge in [0.25, 0.3) is 0 Å². The molecule has 0 amide bonds. The van der Waals surface area contributed by atoms with E-state index in [1.165, 1.54) is 24.0 Å². The fourth-order valence-electron chi connectivity index (χ4n) is 2.91. The van der Waals surface area contributed by atoms with E-state index < -0.39 is 0 Å². The molecule has 1 nitrogen and oxygen atoms in total. The first-order chi connectivity index (χ1) is 7.54. The average molecular weight is 216 g/mol. The maximum absolute atomic E-state index is 5.64. The van der Waals surface area contributed by atoms with Gasteiger partial charge in [0.05, 0.1) is 6.61 Å². The molecule has 0 saturated carbocycles. The lowest BCUT2D eigenvalue weighted by Gasteiger charge is -2.26. The van der Waals surface area contributed by atoms with Crippen LogP contribution in [0, 0.1) is 11.3 Å². The van der Waals surface area contributed by atoms with Crippen LogP contribution in [0.4, 0.5) is 0 Å². The summed E-state index contributed by atoms with van der Waals surface area (Å²) in [6.45, 7) is 7.94. The largest absolute Gasteiger partial charge is 0.493 e. The summed E-state index contributed by atoms with van der Waals surface area (Å²) in [4.78, 5) is 0. The van der Waals surface area contributed by atoms with Gasteiger partial charge >= 0.3 is 0 Å². The standard InChI is InChI=1S/C15H20O/c1-15(2,3)13-7-11-6-10-4-5-16-14(10)9-12(11)8-13/h6,9,13H,4-5,7-8H2,1-3H3. The van der Waals surface area contributed by atoms with Crippen LogP contribution in [0.15, 0.2) is 12.1 Å². The minimum atomic E-state index is 0.421. The lowest BCUT2D eigenvalue weighted by atomic mass is 9.79. The molecule has 0 radical (unpaired) electrons. The Balaban J connectivity index is 1.94. The molecule has 1 heteroatoms. The molecule has 0 aromatic heterocycles. The Hall–Kier alpha value is -0.980. The number of hydrogen-bond acceptors (Lipinski definition) is 1. The summed E-state index contributed by atoms with van der Waals surface area (Å²) in [7, 11) is 0. The summed E-state index contributed by atoms with van der Waals surface area (Å²) < 4.78 is 5.64. The molecular weight excluding hydrogens is 196 g/mol. The normalized spacial score (nSPS) is 22.8. The Labute approximate surface area is 97.8 Å². The highest BCUT2D eigenvalue weighted by Crippen LogP contribution is 2.41. The lowest BCUT2D eigenvalue weighted by molar-refractivity contribution is 0.250. The summed E-state index contributed by atoms with van der Waals surface area (Å²) in [6, 6.07) is 4.69. The topological polar surface area (TPSA) is 9.23 Å². The highest BCUT2D eigenvalue weighted by molar-refractivity contribution is 5.47. The zero-order valence-corrected chi connectivity index (χ0v) is 10.5. The first-order valence-electron chi connectivity index (χ1n) is 6.31. The van der Waals surface area contributed by atoms with Gasteiger partial charge in [0.15, 0.2) is 0 Å². The molecule has 0 fully saturated rings. The average Bonchev–Trinajstić information content (AvgIpc) is 2.75. The zero-order chi connectivity index (χ0) is 11.3. The van der Waals surface area contributed by atoms with Gasteiger partial charge in [-0.2, -0.15) is 0 Å². The third kappa shape index (κ3) is 1.53. The van der Waals surface area contributed by atoms with Gasteiger partial charge in [-0.15, -0.1) is 0 Å². The lowest BCUT2D eigenvalue weighted by Crippen LogP contribution is -2.20. The molecule has 1 aromatic carbocycles. The van der Waals surface area contributed by atoms with E-state index in [1.54, 1.807) is 5.56 Å². The number of benzene rings is 1. The van der Waals surface area contributed by atoms with Crippen molar-refractivity contribution in [3.05, 3.63) is 28.8 Å². The van der Waals surface area contributed by atoms with Crippen molar-refractivity contribution in [2.24, 2.45) is 11.3 Å². The molecule has 0 spiro atoms. The highest BCUT2D eigenvalue weighted by Gasteiger charge is 2.32. The molecule has 1 heterocycles. The molecule has 1 aliphatic heterocycles. The third-order valence-electron chi connectivity index (χ3n) is 4.17. The van der Waals surface area contributed by atoms with Crippen molar-refractivity contribution in [2.75, 3.05) is 6.61 Å². The number of ether oxygens (including phenoxy) is 1. The summed E-state index contributed by atoms with van der Waals surface area (Å²) in [5.41, 5.74) is 4.95. The van der Waals surface area contributed by atoms with Gasteiger partial charge in [-0.1, -0.05) is 26.8 Å². The fourth-order valence-corrected chi connectivity index (χ4v) is 2.91. The van der Waals surface area contributed by atoms with E-state index in [1.807, 2.05) is 0 Å². The predicted octanol–water partition coefficient (Wildman–Crippen LogP) is 3.38. The minimum Gasteiger partial charge on any atom is -0.493 e. The number of hydrogen-bond donors (Lipinski definition) is 0. The fraction of sp³-hybridized carbons (Fsp3) is 0.600. The quantitative estimate of drug-likeness (QED) is 0.646. The molecule has 0 saturated heterocycles. The van der Waals surface area contributed by atoms with Crippen molar-refractivity contribution in [1.29, 1.82) is 0 Å². The number of rotatable bonds is 0. The van der Waals surface area contributed by atoms with Gasteiger partial charge in [-0.3, -0.25) is 0 Å². The molecule has 0 N–H and O–H groups in total. The first-order valence-corrected chi connectivity index (χ1v) is 6.31. The molecule has 1 unspecified atom stereocenters. The minimum absolute atomic E-state index is 0.421. The molecule has 2 aliphatic rings. The SMILES string of the molecule is CC(C)(C)C1Cc2cc3c(cc2C1)OCC3. The molecule has 1 aliphatic carbocycles. The number of fused-ring (bicyclic) bond motifs is 2. The van der Waals surface area contributed by atoms with E-state index >= 15 is 0 Å². The van der Waals surface area contributed by atoms with Gasteiger partial charge in [0.1, 0.15) is 5.75 Å². The van der Waals surface area contributed by atoms with Gasteiger partial charge < -0.3 is 4.74 Å². The molecule has 86 valence electrons. The highest BCUT2D eigenvalue weighted by atomic mass is 16.5. The summed E-state index contributed by atoms with van der Waals surface area (Å²) in [6.07, 6.45) is 3.59. The molecular formula is C15H20O. The van der Waals surface area contributed by atoms with Gasteiger partial charge in [0.2, 0.25) is 0 Å². The molecule has 1 atom stereocenters. The van der Waals surface area contributed by atoms with E-state index in [9.17, 15) is 0 Å². The van der Waals surface area contributed by atoms with E-state index in [0.29, 0.717) is 5.41 Å². The Morgan fingerprint density at radius 2 is 1.75 bits per heavy atom. The smallest absolute Gasteiger partial charge is 0.122 e. The van der Waals surface area contributed by atoms with Crippen LogP contribution in [0.25, 0.3) is 0 Å². The monoisotopic (exact) mass is 216 g/mol. The van der Waals surface area contributed by atoms with Crippen LogP contribution in [0.1, 0.15) is 37.5 Å². The maximum atomic E-state index is 5.64. The van der Waals surface area contributed by atoms with E-state index in [4.69, 9.17) is 4.74 Å². The van der Waals surface area contributed by atoms with Crippen LogP contribution in [0.2, 0.25) is 0 Å².